The van der Waals surface area contributed by atoms with Gasteiger partial charge in [0.15, 0.2) is 0 Å². The number of rotatable bonds is 7. The Hall–Kier alpha value is -2.84. The van der Waals surface area contributed by atoms with Crippen LogP contribution >= 0.6 is 0 Å². The van der Waals surface area contributed by atoms with E-state index in [-0.39, 0.29) is 29.8 Å². The van der Waals surface area contributed by atoms with E-state index in [0.717, 1.165) is 21.0 Å². The van der Waals surface area contributed by atoms with Gasteiger partial charge in [-0.1, -0.05) is 13.8 Å². The van der Waals surface area contributed by atoms with E-state index < -0.39 is 39.2 Å². The average Bonchev–Trinajstić information content (AvgIpc) is 3.03. The molecule has 0 saturated heterocycles. The minimum absolute atomic E-state index is 0.0100. The van der Waals surface area contributed by atoms with Gasteiger partial charge in [0.25, 0.3) is 0 Å². The minimum Gasteiger partial charge on any atom is -0.480 e. The summed E-state index contributed by atoms with van der Waals surface area (Å²) >= 11 is 0. The van der Waals surface area contributed by atoms with Gasteiger partial charge >= 0.3 is 12.1 Å². The molecule has 0 saturated carbocycles. The third-order valence-electron chi connectivity index (χ3n) is 4.21. The fourth-order valence-corrected chi connectivity index (χ4v) is 4.38. The van der Waals surface area contributed by atoms with Gasteiger partial charge in [-0.25, -0.2) is 8.42 Å². The third-order valence-corrected chi connectivity index (χ3v) is 6.23. The molecule has 2 rings (SSSR count). The number of hydrogen-bond donors (Lipinski definition) is 1. The summed E-state index contributed by atoms with van der Waals surface area (Å²) in [5, 5.41) is 18.2. The lowest BCUT2D eigenvalue weighted by Crippen LogP contribution is -2.30. The molecule has 2 aromatic rings. The second-order valence-corrected chi connectivity index (χ2v) is 8.03. The molecule has 0 aliphatic heterocycles. The van der Waals surface area contributed by atoms with Crippen molar-refractivity contribution in [3.05, 3.63) is 41.7 Å². The van der Waals surface area contributed by atoms with Crippen LogP contribution in [0.15, 0.2) is 35.5 Å². The van der Waals surface area contributed by atoms with Crippen molar-refractivity contribution in [2.75, 3.05) is 13.1 Å². The smallest absolute Gasteiger partial charge is 0.416 e. The molecule has 11 heteroatoms. The SMILES string of the molecule is CCN(CC)S(=O)(=O)c1cc(-c2cn(CC(=O)O)cc2C#N)cc(C(F)(F)F)c1. The van der Waals surface area contributed by atoms with Crippen LogP contribution in [0.25, 0.3) is 11.1 Å². The van der Waals surface area contributed by atoms with E-state index in [2.05, 4.69) is 0 Å². The average molecular weight is 429 g/mol. The van der Waals surface area contributed by atoms with Gasteiger partial charge in [0.05, 0.1) is 16.0 Å². The fraction of sp³-hybridized carbons (Fsp3) is 0.333. The maximum Gasteiger partial charge on any atom is 0.416 e. The third kappa shape index (κ3) is 4.78. The molecule has 1 aromatic carbocycles. The molecule has 29 heavy (non-hydrogen) atoms. The molecule has 1 heterocycles. The molecule has 0 radical (unpaired) electrons. The van der Waals surface area contributed by atoms with E-state index in [1.807, 2.05) is 0 Å². The number of aromatic nitrogens is 1. The van der Waals surface area contributed by atoms with Crippen molar-refractivity contribution in [3.63, 3.8) is 0 Å². The Bertz CT molecular complexity index is 1060. The predicted octanol–water partition coefficient (Wildman–Crippen LogP) is 3.16. The van der Waals surface area contributed by atoms with Crippen molar-refractivity contribution < 1.29 is 31.5 Å². The van der Waals surface area contributed by atoms with Crippen LogP contribution in [-0.4, -0.2) is 41.5 Å². The molecule has 0 atom stereocenters. The Kier molecular flexibility index (Phi) is 6.40. The standard InChI is InChI=1S/C18H18F3N3O4S/c1-3-24(4-2)29(27,28)15-6-12(5-14(7-15)18(19,20)21)16-10-23(11-17(25)26)9-13(16)8-22/h5-7,9-10H,3-4,11H2,1-2H3,(H,25,26). The molecule has 0 aliphatic rings. The summed E-state index contributed by atoms with van der Waals surface area (Å²) in [5.74, 6) is -1.20. The number of nitrogens with zero attached hydrogens (tertiary/aromatic N) is 3. The van der Waals surface area contributed by atoms with Crippen LogP contribution in [0.5, 0.6) is 0 Å². The second-order valence-electron chi connectivity index (χ2n) is 6.10. The van der Waals surface area contributed by atoms with Crippen LogP contribution in [-0.2, 0) is 27.5 Å². The van der Waals surface area contributed by atoms with Crippen molar-refractivity contribution in [1.82, 2.24) is 8.87 Å². The van der Waals surface area contributed by atoms with Gasteiger partial charge in [-0.05, 0) is 23.8 Å². The summed E-state index contributed by atoms with van der Waals surface area (Å²) in [7, 11) is -4.20. The van der Waals surface area contributed by atoms with E-state index in [9.17, 15) is 31.6 Å². The molecule has 0 unspecified atom stereocenters. The molecular formula is C18H18F3N3O4S. The molecule has 0 bridgehead atoms. The highest BCUT2D eigenvalue weighted by molar-refractivity contribution is 7.89. The monoisotopic (exact) mass is 429 g/mol. The molecule has 1 aromatic heterocycles. The van der Waals surface area contributed by atoms with Gasteiger partial charge in [0.1, 0.15) is 12.6 Å². The first-order valence-corrected chi connectivity index (χ1v) is 9.92. The number of carboxylic acids is 1. The van der Waals surface area contributed by atoms with Crippen molar-refractivity contribution in [2.24, 2.45) is 0 Å². The molecule has 0 spiro atoms. The van der Waals surface area contributed by atoms with Gasteiger partial charge in [-0.15, -0.1) is 0 Å². The van der Waals surface area contributed by atoms with Gasteiger partial charge < -0.3 is 9.67 Å². The number of aliphatic carboxylic acids is 1. The summed E-state index contributed by atoms with van der Waals surface area (Å²) in [6, 6.07) is 4.15. The van der Waals surface area contributed by atoms with Crippen molar-refractivity contribution in [2.45, 2.75) is 31.5 Å². The number of halogens is 3. The van der Waals surface area contributed by atoms with Crippen molar-refractivity contribution >= 4 is 16.0 Å². The number of alkyl halides is 3. The van der Waals surface area contributed by atoms with Crippen LogP contribution < -0.4 is 0 Å². The zero-order chi connectivity index (χ0) is 22.0. The molecule has 0 fully saturated rings. The summed E-state index contributed by atoms with van der Waals surface area (Å²) in [6.45, 7) is 2.77. The molecule has 0 amide bonds. The quantitative estimate of drug-likeness (QED) is 0.728. The van der Waals surface area contributed by atoms with E-state index in [4.69, 9.17) is 5.11 Å². The van der Waals surface area contributed by atoms with Crippen molar-refractivity contribution in [3.8, 4) is 17.2 Å². The first-order valence-electron chi connectivity index (χ1n) is 8.48. The van der Waals surface area contributed by atoms with E-state index in [1.165, 1.54) is 12.4 Å². The van der Waals surface area contributed by atoms with Gasteiger partial charge in [-0.3, -0.25) is 4.79 Å². The second kappa shape index (κ2) is 8.26. The molecular weight excluding hydrogens is 411 g/mol. The van der Waals surface area contributed by atoms with E-state index in [0.29, 0.717) is 6.07 Å². The van der Waals surface area contributed by atoms with E-state index >= 15 is 0 Å². The fourth-order valence-electron chi connectivity index (χ4n) is 2.85. The van der Waals surface area contributed by atoms with Crippen LogP contribution in [0.1, 0.15) is 25.0 Å². The molecule has 0 aliphatic carbocycles. The zero-order valence-corrected chi connectivity index (χ0v) is 16.4. The Morgan fingerprint density at radius 3 is 2.31 bits per heavy atom. The lowest BCUT2D eigenvalue weighted by molar-refractivity contribution is -0.138. The normalized spacial score (nSPS) is 12.2. The topological polar surface area (TPSA) is 103 Å². The zero-order valence-electron chi connectivity index (χ0n) is 15.6. The number of hydrogen-bond acceptors (Lipinski definition) is 4. The highest BCUT2D eigenvalue weighted by Gasteiger charge is 2.34. The molecule has 156 valence electrons. The number of carbonyl (C=O) groups is 1. The number of carboxylic acid groups (broad SMARTS) is 1. The highest BCUT2D eigenvalue weighted by atomic mass is 32.2. The number of benzene rings is 1. The highest BCUT2D eigenvalue weighted by Crippen LogP contribution is 2.36. The Balaban J connectivity index is 2.76. The van der Waals surface area contributed by atoms with Crippen LogP contribution in [0.3, 0.4) is 0 Å². The summed E-state index contributed by atoms with van der Waals surface area (Å²) in [6.07, 6.45) is -2.43. The predicted molar refractivity (Wildman–Crippen MR) is 97.3 cm³/mol. The first-order chi connectivity index (χ1) is 13.4. The number of sulfonamides is 1. The Labute approximate surface area is 165 Å². The Morgan fingerprint density at radius 2 is 1.83 bits per heavy atom. The van der Waals surface area contributed by atoms with Crippen LogP contribution in [0, 0.1) is 11.3 Å². The van der Waals surface area contributed by atoms with Gasteiger partial charge in [0, 0.05) is 31.0 Å². The lowest BCUT2D eigenvalue weighted by atomic mass is 10.0. The maximum atomic E-state index is 13.4. The van der Waals surface area contributed by atoms with Crippen LogP contribution in [0.4, 0.5) is 13.2 Å². The van der Waals surface area contributed by atoms with Gasteiger partial charge in [0.2, 0.25) is 10.0 Å². The first kappa shape index (κ1) is 22.4. The summed E-state index contributed by atoms with van der Waals surface area (Å²) in [5.41, 5.74) is -1.39. The maximum absolute atomic E-state index is 13.4. The summed E-state index contributed by atoms with van der Waals surface area (Å²) in [4.78, 5) is 10.3. The van der Waals surface area contributed by atoms with E-state index in [1.54, 1.807) is 19.9 Å². The van der Waals surface area contributed by atoms with Crippen molar-refractivity contribution in [1.29, 1.82) is 5.26 Å². The summed E-state index contributed by atoms with van der Waals surface area (Å²) < 4.78 is 68.0. The minimum atomic E-state index is -4.82. The molecule has 7 nitrogen and oxygen atoms in total. The Morgan fingerprint density at radius 1 is 1.21 bits per heavy atom. The van der Waals surface area contributed by atoms with Gasteiger partial charge in [-0.2, -0.15) is 22.7 Å². The number of nitriles is 1. The largest absolute Gasteiger partial charge is 0.480 e. The molecule has 1 N–H and O–H groups in total. The van der Waals surface area contributed by atoms with Crippen LogP contribution in [0.2, 0.25) is 0 Å². The lowest BCUT2D eigenvalue weighted by Gasteiger charge is -2.20.